The molecule has 1 aromatic heterocycles. The van der Waals surface area contributed by atoms with Crippen molar-refractivity contribution in [3.63, 3.8) is 0 Å². The first-order chi connectivity index (χ1) is 36.2. The Hall–Kier alpha value is -9.50. The van der Waals surface area contributed by atoms with E-state index in [1.165, 1.54) is 55.3 Å². The molecule has 0 amide bonds. The minimum atomic E-state index is 0.881. The number of para-hydroxylation sites is 2. The van der Waals surface area contributed by atoms with Gasteiger partial charge < -0.3 is 9.32 Å². The van der Waals surface area contributed by atoms with Gasteiger partial charge in [-0.2, -0.15) is 0 Å². The van der Waals surface area contributed by atoms with Gasteiger partial charge in [0, 0.05) is 33.4 Å². The van der Waals surface area contributed by atoms with E-state index in [0.29, 0.717) is 0 Å². The molecule has 0 aliphatic heterocycles. The minimum Gasteiger partial charge on any atom is -0.455 e. The Labute approximate surface area is 426 Å². The van der Waals surface area contributed by atoms with Gasteiger partial charge in [-0.3, -0.25) is 0 Å². The molecule has 2 nitrogen and oxygen atoms in total. The summed E-state index contributed by atoms with van der Waals surface area (Å²) in [6, 6.07) is 103. The van der Waals surface area contributed by atoms with Crippen LogP contribution in [0, 0.1) is 0 Å². The van der Waals surface area contributed by atoms with E-state index in [4.69, 9.17) is 4.42 Å². The average Bonchev–Trinajstić information content (AvgIpc) is 3.86. The van der Waals surface area contributed by atoms with Crippen molar-refractivity contribution in [1.82, 2.24) is 0 Å². The minimum absolute atomic E-state index is 0.881. The summed E-state index contributed by atoms with van der Waals surface area (Å²) in [4.78, 5) is 2.38. The molecule has 0 fully saturated rings. The molecule has 0 radical (unpaired) electrons. The quantitative estimate of drug-likeness (QED) is 0.128. The van der Waals surface area contributed by atoms with Crippen LogP contribution < -0.4 is 4.90 Å². The highest BCUT2D eigenvalue weighted by Gasteiger charge is 2.20. The van der Waals surface area contributed by atoms with E-state index in [-0.39, 0.29) is 0 Å². The number of furan rings is 1. The lowest BCUT2D eigenvalue weighted by Gasteiger charge is -2.26. The van der Waals surface area contributed by atoms with Crippen molar-refractivity contribution in [2.45, 2.75) is 6.42 Å². The molecule has 0 atom stereocenters. The number of nitrogens with zero attached hydrogens (tertiary/aromatic N) is 1. The molecule has 0 aliphatic rings. The van der Waals surface area contributed by atoms with Gasteiger partial charge in [0.25, 0.3) is 0 Å². The second-order valence-electron chi connectivity index (χ2n) is 18.8. The third kappa shape index (κ3) is 8.45. The molecule has 0 saturated carbocycles. The number of benzene rings is 12. The highest BCUT2D eigenvalue weighted by atomic mass is 16.3. The summed E-state index contributed by atoms with van der Waals surface area (Å²) in [6.07, 6.45) is 0.881. The lowest BCUT2D eigenvalue weighted by atomic mass is 9.84. The summed E-state index contributed by atoms with van der Waals surface area (Å²) in [5, 5.41) is 4.75. The number of fused-ring (bicyclic) bond motifs is 4. The zero-order valence-electron chi connectivity index (χ0n) is 40.2. The molecule has 1 heterocycles. The van der Waals surface area contributed by atoms with Gasteiger partial charge >= 0.3 is 0 Å². The predicted octanol–water partition coefficient (Wildman–Crippen LogP) is 19.8. The standard InChI is InChI=1S/C71H49NO/c1-4-16-49(17-5-1)46-50-30-40-59(41-31-50)72(60-42-36-53(37-43-60)63-26-14-23-52-20-10-11-24-62(52)63)61-44-38-56(39-45-61)68-48-58(51-18-6-2-7-19-51)47-67(70(68)57-21-8-3-9-22-57)55-34-32-54(33-35-55)64-27-15-28-66-65-25-12-13-29-69(65)73-71(64)66/h1-45,47-48H,46H2. The van der Waals surface area contributed by atoms with E-state index in [1.807, 2.05) is 12.1 Å². The van der Waals surface area contributed by atoms with Crippen LogP contribution in [0.2, 0.25) is 0 Å². The normalized spacial score (nSPS) is 11.3. The zero-order chi connectivity index (χ0) is 48.5. The number of rotatable bonds is 11. The summed E-state index contributed by atoms with van der Waals surface area (Å²) in [7, 11) is 0. The molecule has 2 heteroatoms. The molecular formula is C71H49NO. The van der Waals surface area contributed by atoms with Crippen molar-refractivity contribution in [2.24, 2.45) is 0 Å². The van der Waals surface area contributed by atoms with Crippen molar-refractivity contribution in [3.05, 3.63) is 296 Å². The van der Waals surface area contributed by atoms with E-state index >= 15 is 0 Å². The molecule has 73 heavy (non-hydrogen) atoms. The number of anilines is 3. The molecule has 13 aromatic rings. The van der Waals surface area contributed by atoms with Gasteiger partial charge in [0.1, 0.15) is 11.2 Å². The van der Waals surface area contributed by atoms with E-state index in [0.717, 1.165) is 78.8 Å². The first-order valence-electron chi connectivity index (χ1n) is 25.1. The Morgan fingerprint density at radius 1 is 0.274 bits per heavy atom. The van der Waals surface area contributed by atoms with Crippen molar-refractivity contribution in [2.75, 3.05) is 4.90 Å². The van der Waals surface area contributed by atoms with Crippen molar-refractivity contribution >= 4 is 49.8 Å². The maximum absolute atomic E-state index is 6.49. The van der Waals surface area contributed by atoms with E-state index < -0.39 is 0 Å². The Bertz CT molecular complexity index is 4040. The van der Waals surface area contributed by atoms with E-state index in [1.54, 1.807) is 0 Å². The van der Waals surface area contributed by atoms with Crippen LogP contribution in [0.3, 0.4) is 0 Å². The highest BCUT2D eigenvalue weighted by molar-refractivity contribution is 6.09. The van der Waals surface area contributed by atoms with Crippen LogP contribution in [-0.2, 0) is 6.42 Å². The summed E-state index contributed by atoms with van der Waals surface area (Å²) >= 11 is 0. The Balaban J connectivity index is 0.924. The fourth-order valence-corrected chi connectivity index (χ4v) is 10.7. The van der Waals surface area contributed by atoms with Crippen LogP contribution in [0.5, 0.6) is 0 Å². The molecule has 0 N–H and O–H groups in total. The SMILES string of the molecule is c1ccc(Cc2ccc(N(c3ccc(-c4cc(-c5ccccc5)cc(-c5ccc(-c6cccc7c6oc6ccccc67)cc5)c4-c4ccccc4)cc3)c3ccc(-c4cccc5ccccc45)cc3)cc2)cc1. The van der Waals surface area contributed by atoms with Gasteiger partial charge in [0.05, 0.1) is 0 Å². The van der Waals surface area contributed by atoms with Crippen LogP contribution in [-0.4, -0.2) is 0 Å². The van der Waals surface area contributed by atoms with Crippen LogP contribution >= 0.6 is 0 Å². The smallest absolute Gasteiger partial charge is 0.143 e. The Kier molecular flexibility index (Phi) is 11.3. The molecule has 0 bridgehead atoms. The fourth-order valence-electron chi connectivity index (χ4n) is 10.7. The van der Waals surface area contributed by atoms with Gasteiger partial charge in [-0.25, -0.2) is 0 Å². The monoisotopic (exact) mass is 931 g/mol. The number of hydrogen-bond donors (Lipinski definition) is 0. The van der Waals surface area contributed by atoms with Crippen molar-refractivity contribution < 1.29 is 4.42 Å². The van der Waals surface area contributed by atoms with Gasteiger partial charge in [-0.05, 0) is 144 Å². The molecule has 12 aromatic carbocycles. The lowest BCUT2D eigenvalue weighted by Crippen LogP contribution is -2.10. The first-order valence-corrected chi connectivity index (χ1v) is 25.1. The molecule has 13 rings (SSSR count). The van der Waals surface area contributed by atoms with Crippen LogP contribution in [0.1, 0.15) is 11.1 Å². The summed E-state index contributed by atoms with van der Waals surface area (Å²) in [6.45, 7) is 0. The lowest BCUT2D eigenvalue weighted by molar-refractivity contribution is 0.670. The van der Waals surface area contributed by atoms with Crippen molar-refractivity contribution in [3.8, 4) is 66.8 Å². The maximum Gasteiger partial charge on any atom is 0.143 e. The second-order valence-corrected chi connectivity index (χ2v) is 18.8. The molecule has 0 spiro atoms. The number of hydrogen-bond acceptors (Lipinski definition) is 2. The molecule has 0 aliphatic carbocycles. The fraction of sp³-hybridized carbons (Fsp3) is 0.0141. The summed E-state index contributed by atoms with van der Waals surface area (Å²) in [5.74, 6) is 0. The van der Waals surface area contributed by atoms with Crippen LogP contribution in [0.15, 0.2) is 290 Å². The van der Waals surface area contributed by atoms with Gasteiger partial charge in [0.15, 0.2) is 0 Å². The van der Waals surface area contributed by atoms with Gasteiger partial charge in [-0.1, -0.05) is 231 Å². The third-order valence-electron chi connectivity index (χ3n) is 14.3. The average molecular weight is 932 g/mol. The van der Waals surface area contributed by atoms with Crippen LogP contribution in [0.25, 0.3) is 99.5 Å². The molecule has 0 saturated heterocycles. The molecule has 0 unspecified atom stereocenters. The third-order valence-corrected chi connectivity index (χ3v) is 14.3. The maximum atomic E-state index is 6.49. The van der Waals surface area contributed by atoms with Gasteiger partial charge in [-0.15, -0.1) is 0 Å². The zero-order valence-corrected chi connectivity index (χ0v) is 40.2. The molecular weight excluding hydrogens is 883 g/mol. The van der Waals surface area contributed by atoms with E-state index in [2.05, 4.69) is 278 Å². The summed E-state index contributed by atoms with van der Waals surface area (Å²) in [5.41, 5.74) is 21.6. The largest absolute Gasteiger partial charge is 0.455 e. The Morgan fingerprint density at radius 2 is 0.712 bits per heavy atom. The predicted molar refractivity (Wildman–Crippen MR) is 308 cm³/mol. The topological polar surface area (TPSA) is 16.4 Å². The first kappa shape index (κ1) is 43.5. The second kappa shape index (κ2) is 19.0. The van der Waals surface area contributed by atoms with Gasteiger partial charge in [0.2, 0.25) is 0 Å². The summed E-state index contributed by atoms with van der Waals surface area (Å²) < 4.78 is 6.49. The molecule has 344 valence electrons. The van der Waals surface area contributed by atoms with Crippen molar-refractivity contribution in [1.29, 1.82) is 0 Å². The highest BCUT2D eigenvalue weighted by Crippen LogP contribution is 2.46. The Morgan fingerprint density at radius 3 is 1.36 bits per heavy atom. The van der Waals surface area contributed by atoms with E-state index in [9.17, 15) is 0 Å². The van der Waals surface area contributed by atoms with Crippen LogP contribution in [0.4, 0.5) is 17.1 Å².